The van der Waals surface area contributed by atoms with E-state index in [0.717, 1.165) is 22.5 Å². The predicted molar refractivity (Wildman–Crippen MR) is 89.8 cm³/mol. The molecule has 0 spiro atoms. The van der Waals surface area contributed by atoms with Crippen molar-refractivity contribution in [3.63, 3.8) is 0 Å². The van der Waals surface area contributed by atoms with Crippen molar-refractivity contribution in [1.29, 1.82) is 0 Å². The number of aliphatic hydroxyl groups excluding tert-OH is 1. The molecule has 0 radical (unpaired) electrons. The Balaban J connectivity index is 1.94. The van der Waals surface area contributed by atoms with Crippen LogP contribution in [0.1, 0.15) is 11.1 Å². The summed E-state index contributed by atoms with van der Waals surface area (Å²) in [6, 6.07) is 15.5. The summed E-state index contributed by atoms with van der Waals surface area (Å²) in [5.74, 6) is 0.610. The van der Waals surface area contributed by atoms with Gasteiger partial charge in [0.05, 0.1) is 24.2 Å². The van der Waals surface area contributed by atoms with E-state index in [1.807, 2.05) is 53.4 Å². The number of hydrogen-bond acceptors (Lipinski definition) is 5. The van der Waals surface area contributed by atoms with Gasteiger partial charge in [-0.15, -0.1) is 5.11 Å². The molecule has 2 aliphatic heterocycles. The van der Waals surface area contributed by atoms with Gasteiger partial charge in [0.1, 0.15) is 0 Å². The Morgan fingerprint density at radius 3 is 2.74 bits per heavy atom. The molecule has 0 unspecified atom stereocenters. The Bertz CT molecular complexity index is 845. The molecule has 114 valence electrons. The summed E-state index contributed by atoms with van der Waals surface area (Å²) in [5.41, 5.74) is 3.58. The first-order valence-electron chi connectivity index (χ1n) is 7.22. The molecule has 1 atom stereocenters. The maximum absolute atomic E-state index is 9.57. The third kappa shape index (κ3) is 2.34. The van der Waals surface area contributed by atoms with Gasteiger partial charge in [-0.25, -0.2) is 0 Å². The average Bonchev–Trinajstić information content (AvgIpc) is 2.92. The molecule has 5 nitrogen and oxygen atoms in total. The van der Waals surface area contributed by atoms with Crippen molar-refractivity contribution >= 4 is 23.0 Å². The first kappa shape index (κ1) is 14.1. The lowest BCUT2D eigenvalue weighted by atomic mass is 10.00. The molecule has 0 amide bonds. The molecule has 4 rings (SSSR count). The lowest BCUT2D eigenvalue weighted by Crippen LogP contribution is -2.32. The normalized spacial score (nSPS) is 18.9. The smallest absolute Gasteiger partial charge is 0.175 e. The highest BCUT2D eigenvalue weighted by atomic mass is 35.5. The summed E-state index contributed by atoms with van der Waals surface area (Å²) in [5, 5.41) is 18.4. The van der Waals surface area contributed by atoms with Gasteiger partial charge in [0, 0.05) is 16.1 Å². The van der Waals surface area contributed by atoms with Gasteiger partial charge in [-0.2, -0.15) is 5.11 Å². The van der Waals surface area contributed by atoms with Crippen LogP contribution in [0.5, 0.6) is 0 Å². The minimum Gasteiger partial charge on any atom is -0.392 e. The van der Waals surface area contributed by atoms with Crippen LogP contribution in [-0.4, -0.2) is 23.6 Å². The summed E-state index contributed by atoms with van der Waals surface area (Å²) in [4.78, 5) is 6.49. The van der Waals surface area contributed by atoms with Crippen molar-refractivity contribution in [3.05, 3.63) is 76.7 Å². The summed E-state index contributed by atoms with van der Waals surface area (Å²) in [6.07, 6.45) is 1.24. The highest BCUT2D eigenvalue weighted by Gasteiger charge is 2.31. The van der Waals surface area contributed by atoms with E-state index in [9.17, 15) is 5.11 Å². The number of hydrogen-bond donors (Lipinski definition) is 1. The van der Waals surface area contributed by atoms with Crippen LogP contribution in [0.4, 0.5) is 5.69 Å². The van der Waals surface area contributed by atoms with Gasteiger partial charge in [-0.1, -0.05) is 41.9 Å². The molecule has 6 heteroatoms. The zero-order valence-corrected chi connectivity index (χ0v) is 12.9. The number of nitrogens with zero attached hydrogens (tertiary/aromatic N) is 4. The van der Waals surface area contributed by atoms with Crippen LogP contribution < -0.4 is 4.90 Å². The van der Waals surface area contributed by atoms with E-state index in [-0.39, 0.29) is 6.61 Å². The van der Waals surface area contributed by atoms with Crippen LogP contribution in [0.25, 0.3) is 0 Å². The minimum atomic E-state index is -0.438. The lowest BCUT2D eigenvalue weighted by Gasteiger charge is -2.24. The highest BCUT2D eigenvalue weighted by Crippen LogP contribution is 2.36. The summed E-state index contributed by atoms with van der Waals surface area (Å²) in [6.45, 7) is -0.121. The van der Waals surface area contributed by atoms with Gasteiger partial charge in [0.15, 0.2) is 12.0 Å². The Labute approximate surface area is 138 Å². The first-order chi connectivity index (χ1) is 11.3. The third-order valence-corrected chi connectivity index (χ3v) is 4.07. The van der Waals surface area contributed by atoms with E-state index in [4.69, 9.17) is 11.6 Å². The van der Waals surface area contributed by atoms with Crippen molar-refractivity contribution in [2.75, 3.05) is 11.5 Å². The largest absolute Gasteiger partial charge is 0.392 e. The molecule has 0 bridgehead atoms. The van der Waals surface area contributed by atoms with Gasteiger partial charge >= 0.3 is 0 Å². The molecule has 2 aromatic carbocycles. The fraction of sp³-hybridized carbons (Fsp3) is 0.118. The van der Waals surface area contributed by atoms with Gasteiger partial charge in [-0.3, -0.25) is 9.89 Å². The number of aliphatic imine (C=N–C) groups is 1. The zero-order valence-electron chi connectivity index (χ0n) is 12.1. The second kappa shape index (κ2) is 5.61. The molecule has 0 aliphatic carbocycles. The zero-order chi connectivity index (χ0) is 15.8. The number of aliphatic hydroxyl groups is 1. The standard InChI is InChI=1S/C17H13ClN4O/c18-12-6-7-14-13(8-12)17(11-4-2-1-3-5-11)19-9-15-20-21-16(10-23)22(14)15/h1-9,16,23H,10H2/t16-/m0/s1. The fourth-order valence-corrected chi connectivity index (χ4v) is 2.97. The molecule has 0 saturated heterocycles. The summed E-state index contributed by atoms with van der Waals surface area (Å²) < 4.78 is 0. The number of fused-ring (bicyclic) bond motifs is 3. The van der Waals surface area contributed by atoms with Crippen molar-refractivity contribution in [3.8, 4) is 0 Å². The Hall–Kier alpha value is -2.50. The molecule has 1 N–H and O–H groups in total. The quantitative estimate of drug-likeness (QED) is 0.917. The number of anilines is 1. The Morgan fingerprint density at radius 1 is 1.13 bits per heavy atom. The van der Waals surface area contributed by atoms with E-state index in [0.29, 0.717) is 10.8 Å². The Kier molecular flexibility index (Phi) is 3.44. The summed E-state index contributed by atoms with van der Waals surface area (Å²) in [7, 11) is 0. The fourth-order valence-electron chi connectivity index (χ4n) is 2.79. The molecule has 2 aliphatic rings. The maximum Gasteiger partial charge on any atom is 0.175 e. The average molecular weight is 325 g/mol. The van der Waals surface area contributed by atoms with Gasteiger partial charge < -0.3 is 5.11 Å². The van der Waals surface area contributed by atoms with Crippen LogP contribution in [0.15, 0.2) is 75.8 Å². The molecule has 0 saturated carbocycles. The summed E-state index contributed by atoms with van der Waals surface area (Å²) >= 11 is 6.21. The van der Waals surface area contributed by atoms with Crippen LogP contribution in [0.2, 0.25) is 5.02 Å². The third-order valence-electron chi connectivity index (χ3n) is 3.83. The van der Waals surface area contributed by atoms with E-state index in [2.05, 4.69) is 15.2 Å². The topological polar surface area (TPSA) is 60.6 Å². The predicted octanol–water partition coefficient (Wildman–Crippen LogP) is 3.58. The van der Waals surface area contributed by atoms with Gasteiger partial charge in [0.2, 0.25) is 0 Å². The van der Waals surface area contributed by atoms with Crippen LogP contribution in [0, 0.1) is 0 Å². The number of halogens is 1. The molecule has 2 heterocycles. The monoisotopic (exact) mass is 324 g/mol. The van der Waals surface area contributed by atoms with E-state index in [1.165, 1.54) is 0 Å². The lowest BCUT2D eigenvalue weighted by molar-refractivity contribution is 0.269. The second-order valence-electron chi connectivity index (χ2n) is 5.24. The molecular formula is C17H13ClN4O. The van der Waals surface area contributed by atoms with Crippen LogP contribution in [-0.2, 0) is 0 Å². The van der Waals surface area contributed by atoms with Crippen LogP contribution in [0.3, 0.4) is 0 Å². The molecule has 0 fully saturated rings. The molecular weight excluding hydrogens is 312 g/mol. The first-order valence-corrected chi connectivity index (χ1v) is 7.60. The maximum atomic E-state index is 9.57. The number of rotatable bonds is 2. The van der Waals surface area contributed by atoms with E-state index in [1.54, 1.807) is 6.20 Å². The minimum absolute atomic E-state index is 0.121. The molecule has 23 heavy (non-hydrogen) atoms. The van der Waals surface area contributed by atoms with Gasteiger partial charge in [0.25, 0.3) is 0 Å². The van der Waals surface area contributed by atoms with Crippen molar-refractivity contribution in [2.24, 2.45) is 15.2 Å². The van der Waals surface area contributed by atoms with Gasteiger partial charge in [-0.05, 0) is 18.2 Å². The highest BCUT2D eigenvalue weighted by molar-refractivity contribution is 6.31. The van der Waals surface area contributed by atoms with Crippen molar-refractivity contribution in [1.82, 2.24) is 0 Å². The van der Waals surface area contributed by atoms with Crippen LogP contribution >= 0.6 is 11.6 Å². The van der Waals surface area contributed by atoms with E-state index < -0.39 is 6.17 Å². The Morgan fingerprint density at radius 2 is 1.96 bits per heavy atom. The SMILES string of the molecule is OC[C@H]1N=NC2=CN=C(c3ccccc3)c3cc(Cl)ccc3N21. The molecule has 0 aromatic heterocycles. The number of azo groups is 1. The molecule has 2 aromatic rings. The number of benzene rings is 2. The second-order valence-corrected chi connectivity index (χ2v) is 5.68. The van der Waals surface area contributed by atoms with Crippen molar-refractivity contribution in [2.45, 2.75) is 6.17 Å². The van der Waals surface area contributed by atoms with E-state index >= 15 is 0 Å². The van der Waals surface area contributed by atoms with Crippen molar-refractivity contribution < 1.29 is 5.11 Å².